The van der Waals surface area contributed by atoms with E-state index in [1.54, 1.807) is 6.20 Å². The van der Waals surface area contributed by atoms with E-state index >= 15 is 0 Å². The molecular formula is C13H14N2O3. The average molecular weight is 246 g/mol. The van der Waals surface area contributed by atoms with Gasteiger partial charge in [-0.1, -0.05) is 17.7 Å². The van der Waals surface area contributed by atoms with E-state index < -0.39 is 5.97 Å². The number of aliphatic hydroxyl groups excluding tert-OH is 1. The lowest BCUT2D eigenvalue weighted by atomic mass is 10.1. The van der Waals surface area contributed by atoms with E-state index in [1.165, 1.54) is 4.68 Å². The molecular weight excluding hydrogens is 232 g/mol. The molecule has 0 unspecified atom stereocenters. The van der Waals surface area contributed by atoms with E-state index in [9.17, 15) is 4.79 Å². The largest absolute Gasteiger partial charge is 0.476 e. The molecule has 0 bridgehead atoms. The molecule has 0 aliphatic rings. The maximum absolute atomic E-state index is 11.0. The molecule has 18 heavy (non-hydrogen) atoms. The van der Waals surface area contributed by atoms with Gasteiger partial charge in [-0.15, -0.1) is 0 Å². The molecule has 0 amide bonds. The summed E-state index contributed by atoms with van der Waals surface area (Å²) in [6, 6.07) is 5.81. The van der Waals surface area contributed by atoms with Crippen molar-refractivity contribution in [1.82, 2.24) is 9.78 Å². The highest BCUT2D eigenvalue weighted by Crippen LogP contribution is 2.17. The molecule has 2 aromatic rings. The molecule has 94 valence electrons. The van der Waals surface area contributed by atoms with Crippen LogP contribution in [0.4, 0.5) is 0 Å². The lowest BCUT2D eigenvalue weighted by molar-refractivity contribution is 0.0686. The fourth-order valence-electron chi connectivity index (χ4n) is 1.89. The maximum Gasteiger partial charge on any atom is 0.356 e. The van der Waals surface area contributed by atoms with Crippen LogP contribution in [-0.2, 0) is 6.61 Å². The van der Waals surface area contributed by atoms with Gasteiger partial charge in [-0.2, -0.15) is 5.10 Å². The smallest absolute Gasteiger partial charge is 0.356 e. The molecule has 0 fully saturated rings. The van der Waals surface area contributed by atoms with E-state index in [-0.39, 0.29) is 12.3 Å². The first kappa shape index (κ1) is 12.3. The highest BCUT2D eigenvalue weighted by atomic mass is 16.4. The standard InChI is InChI=1S/C13H14N2O3/c1-8-3-4-11(9(2)5-8)15-6-10(7-16)12(14-15)13(17)18/h3-6,16H,7H2,1-2H3,(H,17,18). The topological polar surface area (TPSA) is 75.4 Å². The number of carboxylic acid groups (broad SMARTS) is 1. The molecule has 0 aliphatic heterocycles. The minimum absolute atomic E-state index is 0.113. The molecule has 0 aliphatic carbocycles. The minimum Gasteiger partial charge on any atom is -0.476 e. The van der Waals surface area contributed by atoms with Crippen molar-refractivity contribution in [3.8, 4) is 5.69 Å². The number of aryl methyl sites for hydroxylation is 2. The highest BCUT2D eigenvalue weighted by molar-refractivity contribution is 5.87. The highest BCUT2D eigenvalue weighted by Gasteiger charge is 2.16. The summed E-state index contributed by atoms with van der Waals surface area (Å²) in [5, 5.41) is 22.1. The molecule has 0 saturated heterocycles. The molecule has 1 aromatic carbocycles. The van der Waals surface area contributed by atoms with Crippen molar-refractivity contribution in [2.45, 2.75) is 20.5 Å². The number of nitrogens with zero attached hydrogens (tertiary/aromatic N) is 2. The van der Waals surface area contributed by atoms with Gasteiger partial charge in [-0.05, 0) is 25.5 Å². The van der Waals surface area contributed by atoms with E-state index in [2.05, 4.69) is 5.10 Å². The first-order valence-electron chi connectivity index (χ1n) is 5.53. The Morgan fingerprint density at radius 3 is 2.61 bits per heavy atom. The summed E-state index contributed by atoms with van der Waals surface area (Å²) in [7, 11) is 0. The number of aromatic carboxylic acids is 1. The van der Waals surface area contributed by atoms with Gasteiger partial charge in [0.2, 0.25) is 0 Å². The number of rotatable bonds is 3. The molecule has 5 heteroatoms. The normalized spacial score (nSPS) is 10.6. The van der Waals surface area contributed by atoms with Gasteiger partial charge in [0.25, 0.3) is 0 Å². The summed E-state index contributed by atoms with van der Waals surface area (Å²) in [6.45, 7) is 3.58. The van der Waals surface area contributed by atoms with Gasteiger partial charge >= 0.3 is 5.97 Å². The van der Waals surface area contributed by atoms with Crippen LogP contribution in [0.2, 0.25) is 0 Å². The monoisotopic (exact) mass is 246 g/mol. The van der Waals surface area contributed by atoms with E-state index in [4.69, 9.17) is 10.2 Å². The predicted octanol–water partition coefficient (Wildman–Crippen LogP) is 1.68. The molecule has 0 saturated carbocycles. The van der Waals surface area contributed by atoms with Crippen LogP contribution in [-0.4, -0.2) is 26.0 Å². The summed E-state index contributed by atoms with van der Waals surface area (Å²) >= 11 is 0. The van der Waals surface area contributed by atoms with Crippen LogP contribution in [0.1, 0.15) is 27.2 Å². The van der Waals surface area contributed by atoms with Gasteiger partial charge in [-0.3, -0.25) is 0 Å². The Hall–Kier alpha value is -2.14. The Morgan fingerprint density at radius 2 is 2.11 bits per heavy atom. The summed E-state index contributed by atoms with van der Waals surface area (Å²) in [5.41, 5.74) is 3.13. The van der Waals surface area contributed by atoms with Crippen LogP contribution in [0.3, 0.4) is 0 Å². The molecule has 5 nitrogen and oxygen atoms in total. The first-order chi connectivity index (χ1) is 8.52. The number of aromatic nitrogens is 2. The molecule has 0 atom stereocenters. The number of carboxylic acids is 1. The third-order valence-electron chi connectivity index (χ3n) is 2.76. The van der Waals surface area contributed by atoms with Crippen LogP contribution in [0.15, 0.2) is 24.4 Å². The SMILES string of the molecule is Cc1ccc(-n2cc(CO)c(C(=O)O)n2)c(C)c1. The minimum atomic E-state index is -1.14. The Kier molecular flexibility index (Phi) is 3.16. The molecule has 2 N–H and O–H groups in total. The Bertz CT molecular complexity index is 602. The van der Waals surface area contributed by atoms with Crippen molar-refractivity contribution in [2.75, 3.05) is 0 Å². The van der Waals surface area contributed by atoms with Crippen LogP contribution in [0, 0.1) is 13.8 Å². The third-order valence-corrected chi connectivity index (χ3v) is 2.76. The molecule has 0 radical (unpaired) electrons. The summed E-state index contributed by atoms with van der Waals surface area (Å²) in [5.74, 6) is -1.14. The Labute approximate surface area is 104 Å². The number of carbonyl (C=O) groups is 1. The Morgan fingerprint density at radius 1 is 1.39 bits per heavy atom. The molecule has 0 spiro atoms. The second-order valence-corrected chi connectivity index (χ2v) is 4.20. The zero-order valence-electron chi connectivity index (χ0n) is 10.2. The summed E-state index contributed by atoms with van der Waals surface area (Å²) in [4.78, 5) is 11.0. The van der Waals surface area contributed by atoms with Crippen molar-refractivity contribution < 1.29 is 15.0 Å². The van der Waals surface area contributed by atoms with Crippen molar-refractivity contribution in [2.24, 2.45) is 0 Å². The second kappa shape index (κ2) is 4.62. The molecule has 1 heterocycles. The number of hydrogen-bond donors (Lipinski definition) is 2. The summed E-state index contributed by atoms with van der Waals surface area (Å²) < 4.78 is 1.49. The lowest BCUT2D eigenvalue weighted by Crippen LogP contribution is -2.03. The molecule has 2 rings (SSSR count). The van der Waals surface area contributed by atoms with Crippen molar-refractivity contribution in [1.29, 1.82) is 0 Å². The van der Waals surface area contributed by atoms with Gasteiger partial charge in [0.15, 0.2) is 5.69 Å². The van der Waals surface area contributed by atoms with Gasteiger partial charge in [0.05, 0.1) is 12.3 Å². The fraction of sp³-hybridized carbons (Fsp3) is 0.231. The van der Waals surface area contributed by atoms with Crippen LogP contribution in [0.25, 0.3) is 5.69 Å². The average Bonchev–Trinajstić information content (AvgIpc) is 2.73. The van der Waals surface area contributed by atoms with E-state index in [0.29, 0.717) is 5.56 Å². The third kappa shape index (κ3) is 2.12. The van der Waals surface area contributed by atoms with Gasteiger partial charge in [0, 0.05) is 11.8 Å². The zero-order valence-corrected chi connectivity index (χ0v) is 10.2. The zero-order chi connectivity index (χ0) is 13.3. The van der Waals surface area contributed by atoms with Crippen molar-refractivity contribution in [3.05, 3.63) is 46.8 Å². The number of benzene rings is 1. The lowest BCUT2D eigenvalue weighted by Gasteiger charge is -2.06. The number of hydrogen-bond acceptors (Lipinski definition) is 3. The maximum atomic E-state index is 11.0. The van der Waals surface area contributed by atoms with Crippen molar-refractivity contribution >= 4 is 5.97 Å². The van der Waals surface area contributed by atoms with Crippen molar-refractivity contribution in [3.63, 3.8) is 0 Å². The quantitative estimate of drug-likeness (QED) is 0.864. The van der Waals surface area contributed by atoms with Gasteiger partial charge in [-0.25, -0.2) is 9.48 Å². The predicted molar refractivity (Wildman–Crippen MR) is 65.9 cm³/mol. The van der Waals surface area contributed by atoms with Gasteiger partial charge < -0.3 is 10.2 Å². The Balaban J connectivity index is 2.54. The van der Waals surface area contributed by atoms with E-state index in [0.717, 1.165) is 16.8 Å². The van der Waals surface area contributed by atoms with Crippen LogP contribution in [0.5, 0.6) is 0 Å². The van der Waals surface area contributed by atoms with Crippen LogP contribution < -0.4 is 0 Å². The molecule has 1 aromatic heterocycles. The van der Waals surface area contributed by atoms with Crippen LogP contribution >= 0.6 is 0 Å². The van der Waals surface area contributed by atoms with Gasteiger partial charge in [0.1, 0.15) is 0 Å². The van der Waals surface area contributed by atoms with E-state index in [1.807, 2.05) is 32.0 Å². The first-order valence-corrected chi connectivity index (χ1v) is 5.53. The fourth-order valence-corrected chi connectivity index (χ4v) is 1.89. The summed E-state index contributed by atoms with van der Waals surface area (Å²) in [6.07, 6.45) is 1.54. The second-order valence-electron chi connectivity index (χ2n) is 4.20. The number of aliphatic hydroxyl groups is 1.